The van der Waals surface area contributed by atoms with Crippen molar-refractivity contribution in [2.45, 2.75) is 18.4 Å². The van der Waals surface area contributed by atoms with E-state index in [2.05, 4.69) is 9.71 Å². The number of nitrogens with zero attached hydrogens (tertiary/aromatic N) is 1. The van der Waals surface area contributed by atoms with Crippen LogP contribution in [0.4, 0.5) is 0 Å². The predicted molar refractivity (Wildman–Crippen MR) is 87.1 cm³/mol. The van der Waals surface area contributed by atoms with E-state index in [0.29, 0.717) is 11.5 Å². The quantitative estimate of drug-likeness (QED) is 0.781. The number of aromatic nitrogens is 1. The molecule has 23 heavy (non-hydrogen) atoms. The standard InChI is InChI=1S/C17H16N2O3S/c1-13-4-2-5-15(10-13)23(20,21)19-12-14-7-8-18-16(11-14)17-6-3-9-22-17/h2-11,19H,12H2,1H3. The van der Waals surface area contributed by atoms with Crippen LogP contribution in [0.25, 0.3) is 11.5 Å². The number of furan rings is 1. The third-order valence-electron chi connectivity index (χ3n) is 3.36. The van der Waals surface area contributed by atoms with Gasteiger partial charge in [0.2, 0.25) is 10.0 Å². The molecule has 0 saturated carbocycles. The molecule has 0 aliphatic carbocycles. The van der Waals surface area contributed by atoms with Gasteiger partial charge in [-0.3, -0.25) is 4.98 Å². The molecule has 0 aliphatic rings. The van der Waals surface area contributed by atoms with Crippen LogP contribution in [0.15, 0.2) is 70.3 Å². The average Bonchev–Trinajstić information content (AvgIpc) is 3.08. The zero-order valence-corrected chi connectivity index (χ0v) is 13.4. The summed E-state index contributed by atoms with van der Waals surface area (Å²) >= 11 is 0. The molecule has 118 valence electrons. The summed E-state index contributed by atoms with van der Waals surface area (Å²) in [4.78, 5) is 4.49. The number of hydrogen-bond donors (Lipinski definition) is 1. The highest BCUT2D eigenvalue weighted by Gasteiger charge is 2.14. The molecule has 0 saturated heterocycles. The second-order valence-corrected chi connectivity index (χ2v) is 6.93. The van der Waals surface area contributed by atoms with E-state index in [1.54, 1.807) is 48.9 Å². The van der Waals surface area contributed by atoms with Gasteiger partial charge in [-0.1, -0.05) is 12.1 Å². The summed E-state index contributed by atoms with van der Waals surface area (Å²) in [5.74, 6) is 0.647. The Bertz CT molecular complexity index is 903. The molecule has 2 aromatic heterocycles. The lowest BCUT2D eigenvalue weighted by atomic mass is 10.2. The molecule has 0 aliphatic heterocycles. The number of hydrogen-bond acceptors (Lipinski definition) is 4. The Kier molecular flexibility index (Phi) is 4.27. The predicted octanol–water partition coefficient (Wildman–Crippen LogP) is 3.13. The van der Waals surface area contributed by atoms with Crippen molar-refractivity contribution >= 4 is 10.0 Å². The fourth-order valence-electron chi connectivity index (χ4n) is 2.19. The van der Waals surface area contributed by atoms with E-state index >= 15 is 0 Å². The zero-order chi connectivity index (χ0) is 16.3. The normalized spacial score (nSPS) is 11.5. The number of rotatable bonds is 5. The minimum atomic E-state index is -3.54. The van der Waals surface area contributed by atoms with Crippen LogP contribution in [-0.2, 0) is 16.6 Å². The van der Waals surface area contributed by atoms with Crippen molar-refractivity contribution in [3.8, 4) is 11.5 Å². The molecule has 1 N–H and O–H groups in total. The number of sulfonamides is 1. The molecule has 0 amide bonds. The lowest BCUT2D eigenvalue weighted by Crippen LogP contribution is -2.23. The van der Waals surface area contributed by atoms with Crippen LogP contribution >= 0.6 is 0 Å². The smallest absolute Gasteiger partial charge is 0.240 e. The minimum absolute atomic E-state index is 0.187. The van der Waals surface area contributed by atoms with Crippen molar-refractivity contribution in [1.82, 2.24) is 9.71 Å². The van der Waals surface area contributed by atoms with Gasteiger partial charge in [0.15, 0.2) is 5.76 Å². The van der Waals surface area contributed by atoms with E-state index in [9.17, 15) is 8.42 Å². The van der Waals surface area contributed by atoms with E-state index < -0.39 is 10.0 Å². The number of aryl methyl sites for hydroxylation is 1. The van der Waals surface area contributed by atoms with Crippen molar-refractivity contribution in [3.63, 3.8) is 0 Å². The Morgan fingerprint density at radius 3 is 2.74 bits per heavy atom. The molecule has 0 fully saturated rings. The second-order valence-electron chi connectivity index (χ2n) is 5.17. The topological polar surface area (TPSA) is 72.2 Å². The van der Waals surface area contributed by atoms with Gasteiger partial charge in [-0.2, -0.15) is 0 Å². The zero-order valence-electron chi connectivity index (χ0n) is 12.6. The van der Waals surface area contributed by atoms with Crippen LogP contribution < -0.4 is 4.72 Å². The fourth-order valence-corrected chi connectivity index (χ4v) is 3.31. The van der Waals surface area contributed by atoms with Crippen LogP contribution in [0.5, 0.6) is 0 Å². The van der Waals surface area contributed by atoms with Crippen molar-refractivity contribution in [2.24, 2.45) is 0 Å². The van der Waals surface area contributed by atoms with Crippen LogP contribution in [0, 0.1) is 6.92 Å². The maximum absolute atomic E-state index is 12.3. The van der Waals surface area contributed by atoms with Gasteiger partial charge in [-0.25, -0.2) is 13.1 Å². The van der Waals surface area contributed by atoms with Gasteiger partial charge in [-0.05, 0) is 54.4 Å². The number of pyridine rings is 1. The molecular weight excluding hydrogens is 312 g/mol. The van der Waals surface area contributed by atoms with Gasteiger partial charge in [0.25, 0.3) is 0 Å². The lowest BCUT2D eigenvalue weighted by molar-refractivity contribution is 0.579. The van der Waals surface area contributed by atoms with Gasteiger partial charge in [0, 0.05) is 12.7 Å². The van der Waals surface area contributed by atoms with Gasteiger partial charge < -0.3 is 4.42 Å². The first-order valence-electron chi connectivity index (χ1n) is 7.10. The van der Waals surface area contributed by atoms with E-state index in [1.807, 2.05) is 19.1 Å². The fraction of sp³-hybridized carbons (Fsp3) is 0.118. The first-order valence-corrected chi connectivity index (χ1v) is 8.58. The highest BCUT2D eigenvalue weighted by molar-refractivity contribution is 7.89. The highest BCUT2D eigenvalue weighted by atomic mass is 32.2. The minimum Gasteiger partial charge on any atom is -0.463 e. The summed E-state index contributed by atoms with van der Waals surface area (Å²) in [5, 5.41) is 0. The van der Waals surface area contributed by atoms with Gasteiger partial charge in [0.05, 0.1) is 11.2 Å². The van der Waals surface area contributed by atoms with Crippen LogP contribution in [0.1, 0.15) is 11.1 Å². The molecule has 2 heterocycles. The monoisotopic (exact) mass is 328 g/mol. The Hall–Kier alpha value is -2.44. The largest absolute Gasteiger partial charge is 0.463 e. The third-order valence-corrected chi connectivity index (χ3v) is 4.76. The first kappa shape index (κ1) is 15.5. The van der Waals surface area contributed by atoms with Gasteiger partial charge in [-0.15, -0.1) is 0 Å². The van der Waals surface area contributed by atoms with Crippen LogP contribution in [-0.4, -0.2) is 13.4 Å². The molecule has 3 aromatic rings. The number of nitrogens with one attached hydrogen (secondary N) is 1. The SMILES string of the molecule is Cc1cccc(S(=O)(=O)NCc2ccnc(-c3ccco3)c2)c1. The van der Waals surface area contributed by atoms with E-state index in [1.165, 1.54) is 0 Å². The van der Waals surface area contributed by atoms with Crippen molar-refractivity contribution in [1.29, 1.82) is 0 Å². The molecule has 0 spiro atoms. The van der Waals surface area contributed by atoms with Crippen LogP contribution in [0.3, 0.4) is 0 Å². The molecule has 0 atom stereocenters. The first-order chi connectivity index (χ1) is 11.0. The molecule has 5 nitrogen and oxygen atoms in total. The van der Waals surface area contributed by atoms with E-state index in [0.717, 1.165) is 11.1 Å². The Labute approximate surface area is 135 Å². The van der Waals surface area contributed by atoms with Gasteiger partial charge >= 0.3 is 0 Å². The molecule has 3 rings (SSSR count). The molecule has 6 heteroatoms. The highest BCUT2D eigenvalue weighted by Crippen LogP contribution is 2.18. The summed E-state index contributed by atoms with van der Waals surface area (Å²) in [6.07, 6.45) is 3.21. The Balaban J connectivity index is 1.77. The molecular formula is C17H16N2O3S. The molecule has 0 bridgehead atoms. The maximum Gasteiger partial charge on any atom is 0.240 e. The van der Waals surface area contributed by atoms with E-state index in [-0.39, 0.29) is 11.4 Å². The Morgan fingerprint density at radius 2 is 2.00 bits per heavy atom. The summed E-state index contributed by atoms with van der Waals surface area (Å²) in [6.45, 7) is 2.05. The Morgan fingerprint density at radius 1 is 1.13 bits per heavy atom. The average molecular weight is 328 g/mol. The third kappa shape index (κ3) is 3.67. The summed E-state index contributed by atoms with van der Waals surface area (Å²) in [6, 6.07) is 14.0. The van der Waals surface area contributed by atoms with Gasteiger partial charge in [0.1, 0.15) is 5.69 Å². The summed E-state index contributed by atoms with van der Waals surface area (Å²) in [5.41, 5.74) is 2.38. The number of benzene rings is 1. The second kappa shape index (κ2) is 6.36. The van der Waals surface area contributed by atoms with Crippen LogP contribution in [0.2, 0.25) is 0 Å². The van der Waals surface area contributed by atoms with Crippen molar-refractivity contribution < 1.29 is 12.8 Å². The molecule has 0 unspecified atom stereocenters. The van der Waals surface area contributed by atoms with E-state index in [4.69, 9.17) is 4.42 Å². The summed E-state index contributed by atoms with van der Waals surface area (Å²) in [7, 11) is -3.54. The lowest BCUT2D eigenvalue weighted by Gasteiger charge is -2.08. The maximum atomic E-state index is 12.3. The summed E-state index contributed by atoms with van der Waals surface area (Å²) < 4.78 is 32.6. The van der Waals surface area contributed by atoms with Crippen molar-refractivity contribution in [2.75, 3.05) is 0 Å². The molecule has 1 aromatic carbocycles. The molecule has 0 radical (unpaired) electrons. The van der Waals surface area contributed by atoms with Crippen molar-refractivity contribution in [3.05, 3.63) is 72.1 Å².